The van der Waals surface area contributed by atoms with E-state index in [-0.39, 0.29) is 6.01 Å². The average molecular weight is 227 g/mol. The predicted molar refractivity (Wildman–Crippen MR) is 57.1 cm³/mol. The van der Waals surface area contributed by atoms with Gasteiger partial charge in [0.05, 0.1) is 25.8 Å². The first-order chi connectivity index (χ1) is 7.19. The van der Waals surface area contributed by atoms with E-state index in [0.29, 0.717) is 23.8 Å². The molecule has 0 amide bonds. The van der Waals surface area contributed by atoms with Crippen molar-refractivity contribution in [2.24, 2.45) is 0 Å². The number of ether oxygens (including phenoxy) is 1. The van der Waals surface area contributed by atoms with Crippen molar-refractivity contribution < 1.29 is 4.74 Å². The third kappa shape index (κ3) is 2.96. The fraction of sp³-hybridized carbons (Fsp3) is 0.444. The molecule has 1 aromatic rings. The Bertz CT molecular complexity index is 377. The number of rotatable bonds is 4. The van der Waals surface area contributed by atoms with E-state index in [1.807, 2.05) is 7.05 Å². The molecule has 0 saturated carbocycles. The number of nitrogens with zero attached hydrogens (tertiary/aromatic N) is 4. The number of anilines is 1. The first-order valence-electron chi connectivity index (χ1n) is 4.33. The minimum absolute atomic E-state index is 0.262. The highest BCUT2D eigenvalue weighted by Crippen LogP contribution is 2.23. The Morgan fingerprint density at radius 3 is 3.00 bits per heavy atom. The van der Waals surface area contributed by atoms with E-state index in [1.165, 1.54) is 13.3 Å². The molecule has 6 heteroatoms. The van der Waals surface area contributed by atoms with Gasteiger partial charge >= 0.3 is 6.01 Å². The summed E-state index contributed by atoms with van der Waals surface area (Å²) in [5.74, 6) is 0.568. The van der Waals surface area contributed by atoms with Crippen molar-refractivity contribution in [1.29, 1.82) is 5.26 Å². The molecule has 80 valence electrons. The molecule has 0 unspecified atom stereocenters. The molecule has 5 nitrogen and oxygen atoms in total. The van der Waals surface area contributed by atoms with Gasteiger partial charge < -0.3 is 9.64 Å². The summed E-state index contributed by atoms with van der Waals surface area (Å²) in [6, 6.07) is 2.32. The molecule has 0 aliphatic rings. The number of halogens is 1. The quantitative estimate of drug-likeness (QED) is 0.779. The fourth-order valence-corrected chi connectivity index (χ4v) is 1.27. The summed E-state index contributed by atoms with van der Waals surface area (Å²) in [6.45, 7) is 0.566. The molecule has 1 heterocycles. The Kier molecular flexibility index (Phi) is 4.13. The van der Waals surface area contributed by atoms with E-state index in [2.05, 4.69) is 16.0 Å². The summed E-state index contributed by atoms with van der Waals surface area (Å²) in [7, 11) is 3.30. The molecule has 0 fully saturated rings. The summed E-state index contributed by atoms with van der Waals surface area (Å²) in [5.41, 5.74) is 0. The molecule has 0 saturated heterocycles. The lowest BCUT2D eigenvalue weighted by molar-refractivity contribution is 0.380. The number of hydrogen-bond acceptors (Lipinski definition) is 5. The van der Waals surface area contributed by atoms with Crippen LogP contribution >= 0.6 is 11.6 Å². The Hall–Kier alpha value is -1.54. The maximum atomic E-state index is 8.47. The zero-order valence-electron chi connectivity index (χ0n) is 8.57. The summed E-state index contributed by atoms with van der Waals surface area (Å²) >= 11 is 5.92. The number of nitriles is 1. The largest absolute Gasteiger partial charge is 0.467 e. The average Bonchev–Trinajstić information content (AvgIpc) is 2.26. The van der Waals surface area contributed by atoms with E-state index >= 15 is 0 Å². The van der Waals surface area contributed by atoms with Gasteiger partial charge in [0.25, 0.3) is 0 Å². The monoisotopic (exact) mass is 226 g/mol. The van der Waals surface area contributed by atoms with Crippen molar-refractivity contribution in [3.8, 4) is 12.1 Å². The van der Waals surface area contributed by atoms with E-state index in [4.69, 9.17) is 21.6 Å². The molecule has 1 rings (SSSR count). The highest BCUT2D eigenvalue weighted by molar-refractivity contribution is 6.32. The zero-order chi connectivity index (χ0) is 11.3. The molecule has 0 aromatic carbocycles. The molecule has 0 aliphatic heterocycles. The second-order valence-corrected chi connectivity index (χ2v) is 3.27. The summed E-state index contributed by atoms with van der Waals surface area (Å²) in [5, 5.41) is 8.91. The van der Waals surface area contributed by atoms with Gasteiger partial charge in [-0.25, -0.2) is 4.98 Å². The van der Waals surface area contributed by atoms with Crippen LogP contribution in [0, 0.1) is 11.3 Å². The fourth-order valence-electron chi connectivity index (χ4n) is 1.03. The van der Waals surface area contributed by atoms with E-state index in [9.17, 15) is 0 Å². The number of hydrogen-bond donors (Lipinski definition) is 0. The molecular weight excluding hydrogens is 216 g/mol. The summed E-state index contributed by atoms with van der Waals surface area (Å²) in [6.07, 6.45) is 1.89. The van der Waals surface area contributed by atoms with Gasteiger partial charge in [0.2, 0.25) is 0 Å². The third-order valence-electron chi connectivity index (χ3n) is 1.81. The van der Waals surface area contributed by atoms with Gasteiger partial charge in [0, 0.05) is 13.6 Å². The van der Waals surface area contributed by atoms with Crippen LogP contribution in [0.4, 0.5) is 5.82 Å². The second kappa shape index (κ2) is 5.37. The minimum atomic E-state index is 0.262. The second-order valence-electron chi connectivity index (χ2n) is 2.86. The lowest BCUT2D eigenvalue weighted by atomic mass is 10.4. The zero-order valence-corrected chi connectivity index (χ0v) is 9.32. The van der Waals surface area contributed by atoms with Crippen LogP contribution in [0.1, 0.15) is 6.42 Å². The Balaban J connectivity index is 2.87. The predicted octanol–water partition coefficient (Wildman–Crippen LogP) is 1.49. The van der Waals surface area contributed by atoms with Gasteiger partial charge in [-0.15, -0.1) is 0 Å². The van der Waals surface area contributed by atoms with Crippen LogP contribution < -0.4 is 9.64 Å². The van der Waals surface area contributed by atoms with Crippen LogP contribution in [-0.2, 0) is 0 Å². The van der Waals surface area contributed by atoms with Gasteiger partial charge in [-0.05, 0) is 0 Å². The van der Waals surface area contributed by atoms with Gasteiger partial charge in [-0.2, -0.15) is 10.2 Å². The molecule has 0 aliphatic carbocycles. The first-order valence-corrected chi connectivity index (χ1v) is 4.71. The first kappa shape index (κ1) is 11.5. The van der Waals surface area contributed by atoms with Crippen LogP contribution in [-0.4, -0.2) is 30.7 Å². The number of methoxy groups -OCH3 is 1. The van der Waals surface area contributed by atoms with Crippen molar-refractivity contribution in [3.63, 3.8) is 0 Å². The molecule has 0 bridgehead atoms. The molecule has 0 N–H and O–H groups in total. The standard InChI is InChI=1S/C9H11ClN4O/c1-14(5-3-4-11)8-7(10)6-12-9(13-8)15-2/h6H,3,5H2,1-2H3. The van der Waals surface area contributed by atoms with E-state index in [1.54, 1.807) is 4.90 Å². The van der Waals surface area contributed by atoms with Crippen LogP contribution in [0.5, 0.6) is 6.01 Å². The molecule has 0 spiro atoms. The van der Waals surface area contributed by atoms with Gasteiger partial charge in [0.1, 0.15) is 5.02 Å². The molecule has 15 heavy (non-hydrogen) atoms. The maximum Gasteiger partial charge on any atom is 0.318 e. The van der Waals surface area contributed by atoms with E-state index < -0.39 is 0 Å². The van der Waals surface area contributed by atoms with Crippen LogP contribution in [0.2, 0.25) is 5.02 Å². The Morgan fingerprint density at radius 2 is 2.40 bits per heavy atom. The van der Waals surface area contributed by atoms with Gasteiger partial charge in [0.15, 0.2) is 5.82 Å². The SMILES string of the molecule is COc1ncc(Cl)c(N(C)CCC#N)n1. The van der Waals surface area contributed by atoms with E-state index in [0.717, 1.165) is 0 Å². The van der Waals surface area contributed by atoms with Gasteiger partial charge in [-0.1, -0.05) is 11.6 Å². The Morgan fingerprint density at radius 1 is 1.67 bits per heavy atom. The van der Waals surface area contributed by atoms with Crippen LogP contribution in [0.25, 0.3) is 0 Å². The lowest BCUT2D eigenvalue weighted by Gasteiger charge is -2.17. The number of aromatic nitrogens is 2. The Labute approximate surface area is 93.3 Å². The molecule has 1 aromatic heterocycles. The summed E-state index contributed by atoms with van der Waals surface area (Å²) in [4.78, 5) is 9.75. The van der Waals surface area contributed by atoms with Gasteiger partial charge in [-0.3, -0.25) is 0 Å². The van der Waals surface area contributed by atoms with Crippen molar-refractivity contribution in [1.82, 2.24) is 9.97 Å². The lowest BCUT2D eigenvalue weighted by Crippen LogP contribution is -2.20. The highest BCUT2D eigenvalue weighted by atomic mass is 35.5. The topological polar surface area (TPSA) is 62.0 Å². The van der Waals surface area contributed by atoms with Crippen LogP contribution in [0.15, 0.2) is 6.20 Å². The van der Waals surface area contributed by atoms with Crippen molar-refractivity contribution in [3.05, 3.63) is 11.2 Å². The van der Waals surface area contributed by atoms with Crippen LogP contribution in [0.3, 0.4) is 0 Å². The third-order valence-corrected chi connectivity index (χ3v) is 2.07. The van der Waals surface area contributed by atoms with Crippen molar-refractivity contribution in [2.75, 3.05) is 25.6 Å². The highest BCUT2D eigenvalue weighted by Gasteiger charge is 2.09. The molecule has 0 atom stereocenters. The summed E-state index contributed by atoms with van der Waals surface area (Å²) < 4.78 is 4.89. The van der Waals surface area contributed by atoms with Crippen molar-refractivity contribution >= 4 is 17.4 Å². The van der Waals surface area contributed by atoms with Crippen molar-refractivity contribution in [2.45, 2.75) is 6.42 Å². The minimum Gasteiger partial charge on any atom is -0.467 e. The maximum absolute atomic E-state index is 8.47. The molecule has 0 radical (unpaired) electrons. The normalized spacial score (nSPS) is 9.47. The molecular formula is C9H11ClN4O. The smallest absolute Gasteiger partial charge is 0.318 e.